The third kappa shape index (κ3) is 3.99. The van der Waals surface area contributed by atoms with E-state index in [2.05, 4.69) is 31.3 Å². The number of carbonyl (C=O) groups is 1. The molecule has 1 aliphatic rings. The summed E-state index contributed by atoms with van der Waals surface area (Å²) in [6.45, 7) is 1.64. The third-order valence-corrected chi connectivity index (χ3v) is 5.15. The van der Waals surface area contributed by atoms with Crippen molar-refractivity contribution in [3.05, 3.63) is 65.5 Å². The molecule has 0 spiro atoms. The molecule has 31 heavy (non-hydrogen) atoms. The second kappa shape index (κ2) is 7.50. The van der Waals surface area contributed by atoms with E-state index in [-0.39, 0.29) is 11.5 Å². The van der Waals surface area contributed by atoms with Crippen LogP contribution >= 0.6 is 0 Å². The van der Waals surface area contributed by atoms with Crippen LogP contribution in [0.4, 0.5) is 13.2 Å². The molecular weight excluding hydrogens is 409 g/mol. The molecule has 2 aromatic heterocycles. The van der Waals surface area contributed by atoms with Crippen molar-refractivity contribution in [2.24, 2.45) is 0 Å². The summed E-state index contributed by atoms with van der Waals surface area (Å²) in [6, 6.07) is 4.23. The van der Waals surface area contributed by atoms with Crippen LogP contribution in [0, 0.1) is 12.3 Å². The zero-order chi connectivity index (χ0) is 22.2. The number of amides is 1. The van der Waals surface area contributed by atoms with Crippen LogP contribution in [-0.4, -0.2) is 30.6 Å². The fourth-order valence-corrected chi connectivity index (χ4v) is 3.28. The minimum Gasteiger partial charge on any atom is -0.342 e. The molecule has 0 aliphatic heterocycles. The van der Waals surface area contributed by atoms with Crippen molar-refractivity contribution in [2.75, 3.05) is 0 Å². The first-order chi connectivity index (χ1) is 14.7. The van der Waals surface area contributed by atoms with Crippen molar-refractivity contribution < 1.29 is 18.0 Å². The summed E-state index contributed by atoms with van der Waals surface area (Å²) in [5.74, 6) is 2.46. The fourth-order valence-electron chi connectivity index (χ4n) is 3.28. The number of nitrogens with one attached hydrogen (secondary N) is 1. The van der Waals surface area contributed by atoms with Gasteiger partial charge in [-0.05, 0) is 49.6 Å². The molecular formula is C21H17F3N6O. The van der Waals surface area contributed by atoms with Crippen molar-refractivity contribution in [3.8, 4) is 18.3 Å². The van der Waals surface area contributed by atoms with E-state index < -0.39 is 29.1 Å². The van der Waals surface area contributed by atoms with E-state index in [9.17, 15) is 18.0 Å². The van der Waals surface area contributed by atoms with E-state index in [0.717, 1.165) is 12.1 Å². The molecule has 0 radical (unpaired) electrons. The van der Waals surface area contributed by atoms with Crippen LogP contribution in [0.15, 0.2) is 43.0 Å². The van der Waals surface area contributed by atoms with E-state index in [1.807, 2.05) is 0 Å². The lowest BCUT2D eigenvalue weighted by Gasteiger charge is -2.17. The van der Waals surface area contributed by atoms with Gasteiger partial charge in [-0.3, -0.25) is 4.79 Å². The van der Waals surface area contributed by atoms with E-state index in [1.165, 1.54) is 29.5 Å². The summed E-state index contributed by atoms with van der Waals surface area (Å²) in [5, 5.41) is 6.73. The second-order valence-corrected chi connectivity index (χ2v) is 7.30. The van der Waals surface area contributed by atoms with Gasteiger partial charge in [0.1, 0.15) is 6.33 Å². The molecule has 1 atom stereocenters. The summed E-state index contributed by atoms with van der Waals surface area (Å²) in [4.78, 5) is 25.1. The van der Waals surface area contributed by atoms with Crippen molar-refractivity contribution in [2.45, 2.75) is 37.4 Å². The molecule has 4 rings (SSSR count). The van der Waals surface area contributed by atoms with Crippen LogP contribution in [0.2, 0.25) is 0 Å². The highest BCUT2D eigenvalue weighted by Crippen LogP contribution is 2.48. The average Bonchev–Trinajstić information content (AvgIpc) is 3.41. The lowest BCUT2D eigenvalue weighted by atomic mass is 9.92. The first-order valence-corrected chi connectivity index (χ1v) is 9.42. The fraction of sp³-hybridized carbons (Fsp3) is 0.286. The predicted molar refractivity (Wildman–Crippen MR) is 104 cm³/mol. The molecule has 1 saturated carbocycles. The van der Waals surface area contributed by atoms with Gasteiger partial charge in [0.2, 0.25) is 0 Å². The molecule has 10 heteroatoms. The lowest BCUT2D eigenvalue weighted by molar-refractivity contribution is -0.137. The van der Waals surface area contributed by atoms with Crippen molar-refractivity contribution >= 4 is 5.91 Å². The van der Waals surface area contributed by atoms with Crippen LogP contribution < -0.4 is 5.32 Å². The topological polar surface area (TPSA) is 85.6 Å². The Labute approximate surface area is 175 Å². The van der Waals surface area contributed by atoms with Crippen LogP contribution in [-0.2, 0) is 11.6 Å². The van der Waals surface area contributed by atoms with Crippen LogP contribution in [0.3, 0.4) is 0 Å². The maximum atomic E-state index is 13.4. The van der Waals surface area contributed by atoms with Gasteiger partial charge in [-0.2, -0.15) is 23.0 Å². The SMILES string of the molecule is C#CC1(c2cc(C(=O)NC(C)c3ncnn3-c3ncccn3)cc(C(F)(F)F)c2)CC1. The number of hydrogen-bond acceptors (Lipinski definition) is 5. The number of nitrogens with zero attached hydrogens (tertiary/aromatic N) is 5. The Balaban J connectivity index is 1.63. The maximum Gasteiger partial charge on any atom is 0.416 e. The van der Waals surface area contributed by atoms with Gasteiger partial charge in [0.15, 0.2) is 5.82 Å². The van der Waals surface area contributed by atoms with E-state index >= 15 is 0 Å². The monoisotopic (exact) mass is 426 g/mol. The Bertz CT molecular complexity index is 1160. The Hall–Kier alpha value is -3.74. The lowest BCUT2D eigenvalue weighted by Crippen LogP contribution is -2.29. The number of alkyl halides is 3. The maximum absolute atomic E-state index is 13.4. The van der Waals surface area contributed by atoms with E-state index in [0.29, 0.717) is 24.2 Å². The number of halogens is 3. The average molecular weight is 426 g/mol. The van der Waals surface area contributed by atoms with Gasteiger partial charge >= 0.3 is 6.18 Å². The van der Waals surface area contributed by atoms with Crippen molar-refractivity contribution in [1.29, 1.82) is 0 Å². The Morgan fingerprint density at radius 1 is 1.23 bits per heavy atom. The smallest absolute Gasteiger partial charge is 0.342 e. The van der Waals surface area contributed by atoms with E-state index in [4.69, 9.17) is 6.42 Å². The zero-order valence-corrected chi connectivity index (χ0v) is 16.4. The Kier molecular flexibility index (Phi) is 4.97. The third-order valence-electron chi connectivity index (χ3n) is 5.15. The van der Waals surface area contributed by atoms with Gasteiger partial charge in [-0.15, -0.1) is 6.42 Å². The Morgan fingerprint density at radius 3 is 2.55 bits per heavy atom. The first-order valence-electron chi connectivity index (χ1n) is 9.42. The summed E-state index contributed by atoms with van der Waals surface area (Å²) >= 11 is 0. The quantitative estimate of drug-likeness (QED) is 0.633. The van der Waals surface area contributed by atoms with Crippen LogP contribution in [0.25, 0.3) is 5.95 Å². The van der Waals surface area contributed by atoms with Gasteiger partial charge in [-0.1, -0.05) is 5.92 Å². The largest absolute Gasteiger partial charge is 0.416 e. The van der Waals surface area contributed by atoms with Crippen molar-refractivity contribution in [3.63, 3.8) is 0 Å². The number of benzene rings is 1. The molecule has 0 bridgehead atoms. The molecule has 1 amide bonds. The molecule has 1 aromatic carbocycles. The number of aromatic nitrogens is 5. The number of terminal acetylenes is 1. The summed E-state index contributed by atoms with van der Waals surface area (Å²) in [7, 11) is 0. The van der Waals surface area contributed by atoms with Gasteiger partial charge in [-0.25, -0.2) is 15.0 Å². The highest BCUT2D eigenvalue weighted by molar-refractivity contribution is 5.95. The van der Waals surface area contributed by atoms with Gasteiger partial charge < -0.3 is 5.32 Å². The molecule has 0 saturated heterocycles. The zero-order valence-electron chi connectivity index (χ0n) is 16.4. The second-order valence-electron chi connectivity index (χ2n) is 7.30. The molecule has 1 unspecified atom stereocenters. The molecule has 2 heterocycles. The van der Waals surface area contributed by atoms with Gasteiger partial charge in [0.05, 0.1) is 17.0 Å². The Morgan fingerprint density at radius 2 is 1.94 bits per heavy atom. The normalized spacial score (nSPS) is 15.7. The number of hydrogen-bond donors (Lipinski definition) is 1. The highest BCUT2D eigenvalue weighted by atomic mass is 19.4. The summed E-state index contributed by atoms with van der Waals surface area (Å²) in [6.07, 6.45) is 6.44. The molecule has 1 aliphatic carbocycles. The molecule has 1 fully saturated rings. The first kappa shape index (κ1) is 20.5. The standard InChI is InChI=1S/C21H17F3N6O/c1-3-20(5-6-20)15-9-14(10-16(11-15)21(22,23)24)18(31)29-13(2)17-27-12-28-30(17)19-25-7-4-8-26-19/h1,4,7-13H,5-6H2,2H3,(H,29,31). The summed E-state index contributed by atoms with van der Waals surface area (Å²) in [5.41, 5.74) is -1.46. The minimum atomic E-state index is -4.61. The number of carbonyl (C=O) groups excluding carboxylic acids is 1. The predicted octanol–water partition coefficient (Wildman–Crippen LogP) is 3.23. The molecule has 158 valence electrons. The van der Waals surface area contributed by atoms with Crippen LogP contribution in [0.1, 0.15) is 53.1 Å². The molecule has 7 nitrogen and oxygen atoms in total. The molecule has 1 N–H and O–H groups in total. The molecule has 3 aromatic rings. The van der Waals surface area contributed by atoms with Crippen LogP contribution in [0.5, 0.6) is 0 Å². The van der Waals surface area contributed by atoms with Gasteiger partial charge in [0, 0.05) is 18.0 Å². The van der Waals surface area contributed by atoms with E-state index in [1.54, 1.807) is 13.0 Å². The highest BCUT2D eigenvalue weighted by Gasteiger charge is 2.44. The van der Waals surface area contributed by atoms with Gasteiger partial charge in [0.25, 0.3) is 11.9 Å². The van der Waals surface area contributed by atoms with Crippen molar-refractivity contribution in [1.82, 2.24) is 30.0 Å². The minimum absolute atomic E-state index is 0.125. The summed E-state index contributed by atoms with van der Waals surface area (Å²) < 4.78 is 41.6. The number of rotatable bonds is 5.